The van der Waals surface area contributed by atoms with Crippen LogP contribution in [0.1, 0.15) is 34.8 Å². The summed E-state index contributed by atoms with van der Waals surface area (Å²) in [5.41, 5.74) is 0.790. The van der Waals surface area contributed by atoms with Crippen LogP contribution >= 0.6 is 0 Å². The monoisotopic (exact) mass is 386 g/mol. The van der Waals surface area contributed by atoms with Crippen molar-refractivity contribution in [3.63, 3.8) is 0 Å². The number of nitrogens with zero attached hydrogens (tertiary/aromatic N) is 1. The number of nitrogens with one attached hydrogen (secondary N) is 1. The minimum atomic E-state index is -0.605. The van der Waals surface area contributed by atoms with Crippen LogP contribution in [0.15, 0.2) is 47.1 Å². The van der Waals surface area contributed by atoms with Gasteiger partial charge in [-0.3, -0.25) is 9.59 Å². The summed E-state index contributed by atoms with van der Waals surface area (Å²) in [6.45, 7) is 4.42. The van der Waals surface area contributed by atoms with Gasteiger partial charge in [0.15, 0.2) is 12.4 Å². The van der Waals surface area contributed by atoms with Crippen molar-refractivity contribution in [1.29, 1.82) is 0 Å². The number of ether oxygens (including phenoxy) is 2. The van der Waals surface area contributed by atoms with Crippen LogP contribution in [-0.2, 0) is 14.3 Å². The number of furan rings is 1. The van der Waals surface area contributed by atoms with Gasteiger partial charge in [-0.1, -0.05) is 0 Å². The van der Waals surface area contributed by atoms with Crippen LogP contribution < -0.4 is 5.32 Å². The first kappa shape index (κ1) is 19.6. The van der Waals surface area contributed by atoms with Crippen LogP contribution in [0.2, 0.25) is 0 Å². The first-order valence-electron chi connectivity index (χ1n) is 8.97. The van der Waals surface area contributed by atoms with E-state index in [2.05, 4.69) is 5.32 Å². The molecule has 2 aromatic rings. The van der Waals surface area contributed by atoms with Crippen molar-refractivity contribution in [3.8, 4) is 0 Å². The number of morpholine rings is 1. The summed E-state index contributed by atoms with van der Waals surface area (Å²) in [5, 5.41) is 2.65. The summed E-state index contributed by atoms with van der Waals surface area (Å²) in [7, 11) is 0. The highest BCUT2D eigenvalue weighted by Crippen LogP contribution is 2.14. The molecule has 0 unspecified atom stereocenters. The average molecular weight is 386 g/mol. The lowest BCUT2D eigenvalue weighted by Crippen LogP contribution is -2.49. The SMILES string of the molecule is C[C@H]1CN(C(=O)COC(=O)c2ccc(NC(=O)c3ccco3)cc2)C[C@H](C)O1. The molecular formula is C20H22N2O6. The van der Waals surface area contributed by atoms with Crippen molar-refractivity contribution < 1.29 is 28.3 Å². The lowest BCUT2D eigenvalue weighted by atomic mass is 10.2. The van der Waals surface area contributed by atoms with Gasteiger partial charge in [-0.05, 0) is 50.2 Å². The van der Waals surface area contributed by atoms with Gasteiger partial charge in [-0.25, -0.2) is 4.79 Å². The smallest absolute Gasteiger partial charge is 0.338 e. The van der Waals surface area contributed by atoms with E-state index in [0.29, 0.717) is 18.8 Å². The number of benzene rings is 1. The number of esters is 1. The minimum absolute atomic E-state index is 0.0488. The summed E-state index contributed by atoms with van der Waals surface area (Å²) in [4.78, 5) is 38.0. The zero-order valence-corrected chi connectivity index (χ0v) is 15.7. The standard InChI is InChI=1S/C20H22N2O6/c1-13-10-22(11-14(2)28-13)18(23)12-27-20(25)15-5-7-16(8-6-15)21-19(24)17-4-3-9-26-17/h3-9,13-14H,10-12H2,1-2H3,(H,21,24)/t13-,14-/m0/s1. The molecule has 1 N–H and O–H groups in total. The van der Waals surface area contributed by atoms with E-state index in [9.17, 15) is 14.4 Å². The van der Waals surface area contributed by atoms with Crippen LogP contribution in [0.4, 0.5) is 5.69 Å². The van der Waals surface area contributed by atoms with Gasteiger partial charge in [0.1, 0.15) is 0 Å². The number of anilines is 1. The molecule has 3 rings (SSSR count). The molecule has 1 saturated heterocycles. The van der Waals surface area contributed by atoms with Crippen LogP contribution in [0.25, 0.3) is 0 Å². The van der Waals surface area contributed by atoms with Gasteiger partial charge < -0.3 is 24.1 Å². The fourth-order valence-electron chi connectivity index (χ4n) is 2.97. The highest BCUT2D eigenvalue weighted by molar-refractivity contribution is 6.02. The molecule has 1 aromatic carbocycles. The van der Waals surface area contributed by atoms with Gasteiger partial charge in [-0.15, -0.1) is 0 Å². The van der Waals surface area contributed by atoms with Gasteiger partial charge >= 0.3 is 5.97 Å². The minimum Gasteiger partial charge on any atom is -0.459 e. The normalized spacial score (nSPS) is 19.1. The Labute approximate surface area is 162 Å². The molecule has 2 amide bonds. The predicted molar refractivity (Wildman–Crippen MR) is 100.0 cm³/mol. The summed E-state index contributed by atoms with van der Waals surface area (Å²) in [5.74, 6) is -1.06. The second-order valence-electron chi connectivity index (χ2n) is 6.64. The quantitative estimate of drug-likeness (QED) is 0.792. The summed E-state index contributed by atoms with van der Waals surface area (Å²) >= 11 is 0. The van der Waals surface area contributed by atoms with Crippen molar-refractivity contribution in [1.82, 2.24) is 4.90 Å². The molecule has 0 radical (unpaired) electrons. The molecule has 28 heavy (non-hydrogen) atoms. The molecule has 8 heteroatoms. The molecule has 2 heterocycles. The van der Waals surface area contributed by atoms with Gasteiger partial charge in [0.05, 0.1) is 24.0 Å². The Hall–Kier alpha value is -3.13. The summed E-state index contributed by atoms with van der Waals surface area (Å²) in [6.07, 6.45) is 1.31. The lowest BCUT2D eigenvalue weighted by molar-refractivity contribution is -0.146. The Balaban J connectivity index is 1.50. The zero-order chi connectivity index (χ0) is 20.1. The van der Waals surface area contributed by atoms with Crippen LogP contribution in [0, 0.1) is 0 Å². The number of hydrogen-bond donors (Lipinski definition) is 1. The Morgan fingerprint density at radius 3 is 2.39 bits per heavy atom. The maximum Gasteiger partial charge on any atom is 0.338 e. The van der Waals surface area contributed by atoms with E-state index in [1.54, 1.807) is 29.2 Å². The number of carbonyl (C=O) groups excluding carboxylic acids is 3. The Morgan fingerprint density at radius 2 is 1.79 bits per heavy atom. The molecule has 0 saturated carbocycles. The highest BCUT2D eigenvalue weighted by atomic mass is 16.5. The van der Waals surface area contributed by atoms with Crippen LogP contribution in [0.5, 0.6) is 0 Å². The molecule has 0 bridgehead atoms. The Bertz CT molecular complexity index is 821. The molecule has 148 valence electrons. The largest absolute Gasteiger partial charge is 0.459 e. The first-order chi connectivity index (χ1) is 13.4. The van der Waals surface area contributed by atoms with Crippen molar-refractivity contribution in [2.75, 3.05) is 25.0 Å². The third-order valence-electron chi connectivity index (χ3n) is 4.22. The Morgan fingerprint density at radius 1 is 1.11 bits per heavy atom. The van der Waals surface area contributed by atoms with E-state index < -0.39 is 5.97 Å². The van der Waals surface area contributed by atoms with Crippen LogP contribution in [-0.4, -0.2) is 54.6 Å². The van der Waals surface area contributed by atoms with Gasteiger partial charge in [-0.2, -0.15) is 0 Å². The van der Waals surface area contributed by atoms with Gasteiger partial charge in [0.25, 0.3) is 11.8 Å². The second kappa shape index (κ2) is 8.71. The van der Waals surface area contributed by atoms with E-state index >= 15 is 0 Å². The summed E-state index contributed by atoms with van der Waals surface area (Å²) < 4.78 is 15.7. The van der Waals surface area contributed by atoms with Gasteiger partial charge in [0.2, 0.25) is 0 Å². The van der Waals surface area contributed by atoms with Gasteiger partial charge in [0, 0.05) is 18.8 Å². The molecule has 1 fully saturated rings. The number of rotatable bonds is 5. The molecule has 1 aliphatic rings. The average Bonchev–Trinajstić information content (AvgIpc) is 3.20. The molecule has 1 aromatic heterocycles. The van der Waals surface area contributed by atoms with Crippen molar-refractivity contribution in [2.24, 2.45) is 0 Å². The fourth-order valence-corrected chi connectivity index (χ4v) is 2.97. The van der Waals surface area contributed by atoms with E-state index in [-0.39, 0.29) is 42.0 Å². The van der Waals surface area contributed by atoms with Crippen molar-refractivity contribution in [3.05, 3.63) is 54.0 Å². The van der Waals surface area contributed by atoms with E-state index in [4.69, 9.17) is 13.9 Å². The third-order valence-corrected chi connectivity index (χ3v) is 4.22. The second-order valence-corrected chi connectivity index (χ2v) is 6.64. The third kappa shape index (κ3) is 4.98. The first-order valence-corrected chi connectivity index (χ1v) is 8.97. The summed E-state index contributed by atoms with van der Waals surface area (Å²) in [6, 6.07) is 9.35. The van der Waals surface area contributed by atoms with E-state index in [1.807, 2.05) is 13.8 Å². The molecule has 0 spiro atoms. The number of hydrogen-bond acceptors (Lipinski definition) is 6. The lowest BCUT2D eigenvalue weighted by Gasteiger charge is -2.35. The molecule has 1 aliphatic heterocycles. The van der Waals surface area contributed by atoms with Crippen molar-refractivity contribution in [2.45, 2.75) is 26.1 Å². The highest BCUT2D eigenvalue weighted by Gasteiger charge is 2.26. The fraction of sp³-hybridized carbons (Fsp3) is 0.350. The molecule has 8 nitrogen and oxygen atoms in total. The van der Waals surface area contributed by atoms with E-state index in [0.717, 1.165) is 0 Å². The zero-order valence-electron chi connectivity index (χ0n) is 15.7. The molecule has 0 aliphatic carbocycles. The maximum absolute atomic E-state index is 12.2. The van der Waals surface area contributed by atoms with Crippen molar-refractivity contribution >= 4 is 23.5 Å². The Kier molecular flexibility index (Phi) is 6.10. The van der Waals surface area contributed by atoms with Crippen LogP contribution in [0.3, 0.4) is 0 Å². The van der Waals surface area contributed by atoms with E-state index in [1.165, 1.54) is 18.4 Å². The maximum atomic E-state index is 12.2. The predicted octanol–water partition coefficient (Wildman–Crippen LogP) is 2.32. The topological polar surface area (TPSA) is 98.1 Å². The molecular weight excluding hydrogens is 364 g/mol. The number of amides is 2. The molecule has 2 atom stereocenters. The number of carbonyl (C=O) groups is 3.